The van der Waals surface area contributed by atoms with Gasteiger partial charge in [-0.2, -0.15) is 0 Å². The number of benzene rings is 1. The molecule has 0 aliphatic carbocycles. The molecule has 84 valence electrons. The molecular weight excluding hydrogens is 323 g/mol. The van der Waals surface area contributed by atoms with Crippen molar-refractivity contribution in [1.29, 1.82) is 0 Å². The summed E-state index contributed by atoms with van der Waals surface area (Å²) in [4.78, 5) is 0.273. The van der Waals surface area contributed by atoms with E-state index < -0.39 is 0 Å². The van der Waals surface area contributed by atoms with Crippen molar-refractivity contribution in [2.75, 3.05) is 0 Å². The minimum Gasteiger partial charge on any atom is -0.206 e. The smallest absolute Gasteiger partial charge is 0.137 e. The Labute approximate surface area is 108 Å². The average Bonchev–Trinajstić information content (AvgIpc) is 2.19. The number of hydrogen-bond donors (Lipinski definition) is 0. The summed E-state index contributed by atoms with van der Waals surface area (Å²) in [6, 6.07) is 5.17. The molecule has 0 aliphatic heterocycles. The van der Waals surface area contributed by atoms with E-state index in [1.54, 1.807) is 0 Å². The Morgan fingerprint density at radius 2 is 1.80 bits per heavy atom. The molecule has 2 unspecified atom stereocenters. The zero-order valence-corrected chi connectivity index (χ0v) is 12.3. The Bertz CT molecular complexity index is 336. The van der Waals surface area contributed by atoms with Crippen LogP contribution in [0.3, 0.4) is 0 Å². The van der Waals surface area contributed by atoms with Crippen molar-refractivity contribution in [2.24, 2.45) is 11.8 Å². The predicted molar refractivity (Wildman–Crippen MR) is 69.8 cm³/mol. The van der Waals surface area contributed by atoms with Crippen LogP contribution in [0.25, 0.3) is 0 Å². The normalized spacial score (nSPS) is 15.4. The predicted octanol–water partition coefficient (Wildman–Crippen LogP) is 5.32. The fraction of sp³-hybridized carbons (Fsp3) is 0.500. The minimum absolute atomic E-state index is 0.212. The Balaban J connectivity index is 2.91. The molecular formula is C12H15Br2F. The third kappa shape index (κ3) is 3.28. The lowest BCUT2D eigenvalue weighted by molar-refractivity contribution is 0.414. The van der Waals surface area contributed by atoms with Gasteiger partial charge >= 0.3 is 0 Å². The molecule has 1 rings (SSSR count). The van der Waals surface area contributed by atoms with E-state index in [1.807, 2.05) is 12.1 Å². The van der Waals surface area contributed by atoms with Crippen molar-refractivity contribution in [3.63, 3.8) is 0 Å². The van der Waals surface area contributed by atoms with Crippen LogP contribution in [0, 0.1) is 17.7 Å². The van der Waals surface area contributed by atoms with E-state index in [0.29, 0.717) is 16.3 Å². The maximum Gasteiger partial charge on any atom is 0.137 e. The molecule has 0 bridgehead atoms. The second kappa shape index (κ2) is 5.44. The van der Waals surface area contributed by atoms with Crippen LogP contribution in [0.1, 0.15) is 31.2 Å². The summed E-state index contributed by atoms with van der Waals surface area (Å²) < 4.78 is 13.6. The highest BCUT2D eigenvalue weighted by molar-refractivity contribution is 9.10. The first-order valence-electron chi connectivity index (χ1n) is 5.02. The Morgan fingerprint density at radius 3 is 2.27 bits per heavy atom. The zero-order valence-electron chi connectivity index (χ0n) is 9.10. The minimum atomic E-state index is -0.212. The maximum atomic E-state index is 13.1. The molecule has 0 spiro atoms. The van der Waals surface area contributed by atoms with Gasteiger partial charge in [0.05, 0.1) is 4.47 Å². The van der Waals surface area contributed by atoms with Crippen LogP contribution in [0.15, 0.2) is 22.7 Å². The van der Waals surface area contributed by atoms with Crippen LogP contribution in [0.4, 0.5) is 4.39 Å². The second-order valence-electron chi connectivity index (χ2n) is 4.18. The first-order valence-corrected chi connectivity index (χ1v) is 6.73. The molecule has 0 N–H and O–H groups in total. The number of hydrogen-bond acceptors (Lipinski definition) is 0. The van der Waals surface area contributed by atoms with Gasteiger partial charge in [0.25, 0.3) is 0 Å². The standard InChI is InChI=1S/C12H15Br2F/c1-7(2)8(3)12(14)9-4-5-11(15)10(13)6-9/h4-8,12H,1-3H3. The van der Waals surface area contributed by atoms with Gasteiger partial charge in [0.1, 0.15) is 5.82 Å². The highest BCUT2D eigenvalue weighted by Gasteiger charge is 2.19. The van der Waals surface area contributed by atoms with Gasteiger partial charge in [0.2, 0.25) is 0 Å². The third-order valence-electron chi connectivity index (χ3n) is 2.78. The van der Waals surface area contributed by atoms with E-state index in [4.69, 9.17) is 0 Å². The van der Waals surface area contributed by atoms with E-state index in [0.717, 1.165) is 5.56 Å². The number of rotatable bonds is 3. The van der Waals surface area contributed by atoms with Gasteiger partial charge < -0.3 is 0 Å². The molecule has 0 saturated carbocycles. The first-order chi connectivity index (χ1) is 6.93. The van der Waals surface area contributed by atoms with Crippen LogP contribution in [0.5, 0.6) is 0 Å². The average molecular weight is 338 g/mol. The molecule has 1 aromatic rings. The summed E-state index contributed by atoms with van der Waals surface area (Å²) in [6.45, 7) is 6.58. The van der Waals surface area contributed by atoms with Crippen LogP contribution in [-0.2, 0) is 0 Å². The fourth-order valence-electron chi connectivity index (χ4n) is 1.33. The fourth-order valence-corrected chi connectivity index (χ4v) is 2.62. The number of alkyl halides is 1. The van der Waals surface area contributed by atoms with Crippen molar-refractivity contribution in [2.45, 2.75) is 25.6 Å². The highest BCUT2D eigenvalue weighted by Crippen LogP contribution is 2.36. The monoisotopic (exact) mass is 336 g/mol. The topological polar surface area (TPSA) is 0 Å². The quantitative estimate of drug-likeness (QED) is 0.655. The molecule has 15 heavy (non-hydrogen) atoms. The lowest BCUT2D eigenvalue weighted by Crippen LogP contribution is -2.10. The summed E-state index contributed by atoms with van der Waals surface area (Å²) in [6.07, 6.45) is 0. The van der Waals surface area contributed by atoms with Gasteiger partial charge in [-0.1, -0.05) is 42.8 Å². The lowest BCUT2D eigenvalue weighted by atomic mass is 9.91. The second-order valence-corrected chi connectivity index (χ2v) is 6.02. The van der Waals surface area contributed by atoms with Crippen molar-refractivity contribution in [3.05, 3.63) is 34.1 Å². The van der Waals surface area contributed by atoms with Crippen LogP contribution < -0.4 is 0 Å². The van der Waals surface area contributed by atoms with Crippen LogP contribution >= 0.6 is 31.9 Å². The molecule has 0 nitrogen and oxygen atoms in total. The SMILES string of the molecule is CC(C)C(C)C(Br)c1ccc(F)c(Br)c1. The van der Waals surface area contributed by atoms with Crippen LogP contribution in [0.2, 0.25) is 0 Å². The molecule has 0 amide bonds. The first kappa shape index (κ1) is 13.2. The molecule has 0 radical (unpaired) electrons. The van der Waals surface area contributed by atoms with Gasteiger partial charge in [-0.25, -0.2) is 4.39 Å². The van der Waals surface area contributed by atoms with E-state index in [1.165, 1.54) is 6.07 Å². The van der Waals surface area contributed by atoms with Gasteiger partial charge in [0.15, 0.2) is 0 Å². The molecule has 0 aliphatic rings. The van der Waals surface area contributed by atoms with Crippen molar-refractivity contribution in [3.8, 4) is 0 Å². The molecule has 0 saturated heterocycles. The summed E-state index contributed by atoms with van der Waals surface area (Å²) >= 11 is 6.87. The van der Waals surface area contributed by atoms with E-state index in [9.17, 15) is 4.39 Å². The highest BCUT2D eigenvalue weighted by atomic mass is 79.9. The zero-order chi connectivity index (χ0) is 11.6. The molecule has 0 aromatic heterocycles. The molecule has 0 fully saturated rings. The van der Waals surface area contributed by atoms with Gasteiger partial charge in [-0.05, 0) is 45.5 Å². The molecule has 3 heteroatoms. The van der Waals surface area contributed by atoms with E-state index in [-0.39, 0.29) is 10.6 Å². The largest absolute Gasteiger partial charge is 0.206 e. The van der Waals surface area contributed by atoms with Gasteiger partial charge in [-0.15, -0.1) is 0 Å². The van der Waals surface area contributed by atoms with Gasteiger partial charge in [-0.3, -0.25) is 0 Å². The summed E-state index contributed by atoms with van der Waals surface area (Å²) in [5.41, 5.74) is 1.12. The van der Waals surface area contributed by atoms with Crippen molar-refractivity contribution in [1.82, 2.24) is 0 Å². The Morgan fingerprint density at radius 1 is 1.20 bits per heavy atom. The Kier molecular flexibility index (Phi) is 4.78. The van der Waals surface area contributed by atoms with Gasteiger partial charge in [0, 0.05) is 4.83 Å². The molecule has 0 heterocycles. The van der Waals surface area contributed by atoms with Crippen molar-refractivity contribution >= 4 is 31.9 Å². The summed E-state index contributed by atoms with van der Waals surface area (Å²) in [5.74, 6) is 0.899. The van der Waals surface area contributed by atoms with E-state index in [2.05, 4.69) is 52.6 Å². The third-order valence-corrected chi connectivity index (χ3v) is 4.75. The summed E-state index contributed by atoms with van der Waals surface area (Å²) in [5, 5.41) is 0. The molecule has 1 aromatic carbocycles. The van der Waals surface area contributed by atoms with E-state index >= 15 is 0 Å². The van der Waals surface area contributed by atoms with Crippen molar-refractivity contribution < 1.29 is 4.39 Å². The molecule has 2 atom stereocenters. The Hall–Kier alpha value is 0.110. The van der Waals surface area contributed by atoms with Crippen LogP contribution in [-0.4, -0.2) is 0 Å². The summed E-state index contributed by atoms with van der Waals surface area (Å²) in [7, 11) is 0. The number of halogens is 3. The maximum absolute atomic E-state index is 13.1. The lowest BCUT2D eigenvalue weighted by Gasteiger charge is -2.22.